The molecule has 0 bridgehead atoms. The first-order valence-corrected chi connectivity index (χ1v) is 7.99. The van der Waals surface area contributed by atoms with E-state index in [1.165, 1.54) is 10.5 Å². The number of hydrogen-bond donors (Lipinski definition) is 1. The van der Waals surface area contributed by atoms with Crippen LogP contribution >= 0.6 is 11.8 Å². The summed E-state index contributed by atoms with van der Waals surface area (Å²) in [7, 11) is 1.68. The van der Waals surface area contributed by atoms with Crippen LogP contribution in [0.2, 0.25) is 0 Å². The van der Waals surface area contributed by atoms with E-state index in [1.54, 1.807) is 18.9 Å². The van der Waals surface area contributed by atoms with Gasteiger partial charge in [-0.2, -0.15) is 0 Å². The number of benzene rings is 2. The molecule has 0 unspecified atom stereocenters. The van der Waals surface area contributed by atoms with E-state index in [1.807, 2.05) is 30.3 Å². The molecule has 2 rings (SSSR count). The van der Waals surface area contributed by atoms with Crippen molar-refractivity contribution in [3.05, 3.63) is 54.1 Å². The number of ether oxygens (including phenoxy) is 2. The summed E-state index contributed by atoms with van der Waals surface area (Å²) >= 11 is 1.76. The molecule has 0 atom stereocenters. The van der Waals surface area contributed by atoms with Crippen LogP contribution in [0.15, 0.2) is 53.4 Å². The lowest BCUT2D eigenvalue weighted by atomic mass is 10.1. The van der Waals surface area contributed by atoms with Crippen LogP contribution < -0.4 is 15.2 Å². The standard InChI is InChI=1S/C17H21NO2S/c1-19-16-3-2-4-17(13-16)21-12-11-20-15-7-5-14(6-8-15)9-10-18/h2-8,13H,9-12,18H2,1H3. The Kier molecular flexibility index (Phi) is 6.44. The fourth-order valence-electron chi connectivity index (χ4n) is 1.93. The van der Waals surface area contributed by atoms with Gasteiger partial charge in [0.25, 0.3) is 0 Å². The fraction of sp³-hybridized carbons (Fsp3) is 0.294. The van der Waals surface area contributed by atoms with Crippen molar-refractivity contribution in [2.24, 2.45) is 5.73 Å². The van der Waals surface area contributed by atoms with Gasteiger partial charge in [-0.25, -0.2) is 0 Å². The molecule has 112 valence electrons. The van der Waals surface area contributed by atoms with Crippen LogP contribution in [-0.2, 0) is 6.42 Å². The van der Waals surface area contributed by atoms with E-state index in [0.717, 1.165) is 23.7 Å². The Morgan fingerprint density at radius 1 is 1.05 bits per heavy atom. The largest absolute Gasteiger partial charge is 0.497 e. The highest BCUT2D eigenvalue weighted by molar-refractivity contribution is 7.99. The van der Waals surface area contributed by atoms with E-state index in [9.17, 15) is 0 Å². The summed E-state index contributed by atoms with van der Waals surface area (Å²) < 4.78 is 10.9. The monoisotopic (exact) mass is 303 g/mol. The summed E-state index contributed by atoms with van der Waals surface area (Å²) in [5.74, 6) is 2.69. The van der Waals surface area contributed by atoms with Crippen molar-refractivity contribution in [1.82, 2.24) is 0 Å². The van der Waals surface area contributed by atoms with Crippen LogP contribution in [0.4, 0.5) is 0 Å². The summed E-state index contributed by atoms with van der Waals surface area (Å²) in [4.78, 5) is 1.19. The molecule has 2 aromatic carbocycles. The number of rotatable bonds is 8. The molecule has 0 aromatic heterocycles. The first-order chi connectivity index (χ1) is 10.3. The fourth-order valence-corrected chi connectivity index (χ4v) is 2.71. The van der Waals surface area contributed by atoms with Crippen molar-refractivity contribution < 1.29 is 9.47 Å². The SMILES string of the molecule is COc1cccc(SCCOc2ccc(CCN)cc2)c1. The predicted molar refractivity (Wildman–Crippen MR) is 88.4 cm³/mol. The zero-order valence-electron chi connectivity index (χ0n) is 12.2. The Balaban J connectivity index is 1.73. The molecular formula is C17H21NO2S. The molecule has 0 amide bonds. The van der Waals surface area contributed by atoms with Crippen LogP contribution in [0.5, 0.6) is 11.5 Å². The van der Waals surface area contributed by atoms with Crippen molar-refractivity contribution in [3.8, 4) is 11.5 Å². The number of thioether (sulfide) groups is 1. The maximum Gasteiger partial charge on any atom is 0.119 e. The van der Waals surface area contributed by atoms with Gasteiger partial charge in [0.05, 0.1) is 13.7 Å². The molecule has 3 nitrogen and oxygen atoms in total. The minimum absolute atomic E-state index is 0.678. The summed E-state index contributed by atoms with van der Waals surface area (Å²) in [6, 6.07) is 16.2. The smallest absolute Gasteiger partial charge is 0.119 e. The van der Waals surface area contributed by atoms with E-state index < -0.39 is 0 Å². The zero-order valence-corrected chi connectivity index (χ0v) is 13.1. The van der Waals surface area contributed by atoms with Gasteiger partial charge in [-0.15, -0.1) is 11.8 Å². The third kappa shape index (κ3) is 5.33. The molecule has 0 aliphatic carbocycles. The minimum atomic E-state index is 0.678. The number of methoxy groups -OCH3 is 1. The third-order valence-corrected chi connectivity index (χ3v) is 3.98. The molecule has 0 radical (unpaired) electrons. The number of hydrogen-bond acceptors (Lipinski definition) is 4. The second-order valence-corrected chi connectivity index (χ2v) is 5.73. The highest BCUT2D eigenvalue weighted by atomic mass is 32.2. The molecule has 0 heterocycles. The minimum Gasteiger partial charge on any atom is -0.497 e. The Bertz CT molecular complexity index is 543. The third-order valence-electron chi connectivity index (χ3n) is 3.02. The van der Waals surface area contributed by atoms with E-state index in [4.69, 9.17) is 15.2 Å². The maximum absolute atomic E-state index is 5.73. The van der Waals surface area contributed by atoms with Crippen molar-refractivity contribution in [3.63, 3.8) is 0 Å². The first-order valence-electron chi connectivity index (χ1n) is 7.00. The van der Waals surface area contributed by atoms with E-state index in [-0.39, 0.29) is 0 Å². The molecule has 4 heteroatoms. The lowest BCUT2D eigenvalue weighted by Crippen LogP contribution is -2.03. The second-order valence-electron chi connectivity index (χ2n) is 4.56. The molecule has 0 spiro atoms. The van der Waals surface area contributed by atoms with Crippen molar-refractivity contribution in [2.75, 3.05) is 26.0 Å². The average molecular weight is 303 g/mol. The van der Waals surface area contributed by atoms with Crippen LogP contribution in [-0.4, -0.2) is 26.0 Å². The summed E-state index contributed by atoms with van der Waals surface area (Å²) in [6.07, 6.45) is 0.909. The second kappa shape index (κ2) is 8.60. The maximum atomic E-state index is 5.73. The number of nitrogens with two attached hydrogens (primary N) is 1. The van der Waals surface area contributed by atoms with E-state index in [2.05, 4.69) is 18.2 Å². The molecule has 0 aliphatic heterocycles. The highest BCUT2D eigenvalue weighted by Gasteiger charge is 1.98. The Morgan fingerprint density at radius 2 is 1.86 bits per heavy atom. The molecule has 0 fully saturated rings. The Labute approximate surface area is 130 Å². The van der Waals surface area contributed by atoms with Crippen LogP contribution in [0.25, 0.3) is 0 Å². The summed E-state index contributed by atoms with van der Waals surface area (Å²) in [6.45, 7) is 1.36. The van der Waals surface area contributed by atoms with Crippen LogP contribution in [0.1, 0.15) is 5.56 Å². The Hall–Kier alpha value is -1.65. The van der Waals surface area contributed by atoms with Crippen LogP contribution in [0.3, 0.4) is 0 Å². The average Bonchev–Trinajstić information content (AvgIpc) is 2.53. The quantitative estimate of drug-likeness (QED) is 0.600. The molecular weight excluding hydrogens is 282 g/mol. The zero-order chi connectivity index (χ0) is 14.9. The van der Waals surface area contributed by atoms with Gasteiger partial charge in [-0.1, -0.05) is 18.2 Å². The van der Waals surface area contributed by atoms with Gasteiger partial charge in [-0.3, -0.25) is 0 Å². The van der Waals surface area contributed by atoms with Gasteiger partial charge in [0.1, 0.15) is 11.5 Å². The molecule has 2 aromatic rings. The molecule has 2 N–H and O–H groups in total. The normalized spacial score (nSPS) is 10.4. The molecule has 0 aliphatic rings. The Morgan fingerprint density at radius 3 is 2.57 bits per heavy atom. The van der Waals surface area contributed by atoms with Gasteiger partial charge in [0.2, 0.25) is 0 Å². The molecule has 0 saturated carbocycles. The highest BCUT2D eigenvalue weighted by Crippen LogP contribution is 2.22. The van der Waals surface area contributed by atoms with Gasteiger partial charge in [-0.05, 0) is 48.9 Å². The van der Waals surface area contributed by atoms with Crippen molar-refractivity contribution in [2.45, 2.75) is 11.3 Å². The lowest BCUT2D eigenvalue weighted by molar-refractivity contribution is 0.344. The van der Waals surface area contributed by atoms with Crippen molar-refractivity contribution >= 4 is 11.8 Å². The van der Waals surface area contributed by atoms with Crippen LogP contribution in [0, 0.1) is 0 Å². The molecule has 21 heavy (non-hydrogen) atoms. The first kappa shape index (κ1) is 15.7. The van der Waals surface area contributed by atoms with E-state index >= 15 is 0 Å². The van der Waals surface area contributed by atoms with Gasteiger partial charge < -0.3 is 15.2 Å². The lowest BCUT2D eigenvalue weighted by Gasteiger charge is -2.07. The van der Waals surface area contributed by atoms with E-state index in [0.29, 0.717) is 13.2 Å². The molecule has 0 saturated heterocycles. The predicted octanol–water partition coefficient (Wildman–Crippen LogP) is 3.37. The van der Waals surface area contributed by atoms with Gasteiger partial charge in [0.15, 0.2) is 0 Å². The van der Waals surface area contributed by atoms with Gasteiger partial charge in [0, 0.05) is 10.6 Å². The van der Waals surface area contributed by atoms with Gasteiger partial charge >= 0.3 is 0 Å². The summed E-state index contributed by atoms with van der Waals surface area (Å²) in [5, 5.41) is 0. The summed E-state index contributed by atoms with van der Waals surface area (Å²) in [5.41, 5.74) is 6.78. The van der Waals surface area contributed by atoms with Crippen molar-refractivity contribution in [1.29, 1.82) is 0 Å². The topological polar surface area (TPSA) is 44.5 Å².